The Hall–Kier alpha value is -0.440. The number of terminal acetylenes is 1. The highest BCUT2D eigenvalue weighted by Crippen LogP contribution is 2.34. The minimum absolute atomic E-state index is 0.883. The van der Waals surface area contributed by atoms with E-state index in [2.05, 4.69) is 19.8 Å². The first-order valence-corrected chi connectivity index (χ1v) is 5.67. The summed E-state index contributed by atoms with van der Waals surface area (Å²) in [5.74, 6) is 5.56. The average Bonchev–Trinajstić information content (AvgIpc) is 2.15. The van der Waals surface area contributed by atoms with Gasteiger partial charge >= 0.3 is 0 Å². The Labute approximate surface area is 83.1 Å². The van der Waals surface area contributed by atoms with Crippen LogP contribution in [0.4, 0.5) is 0 Å². The van der Waals surface area contributed by atoms with E-state index in [0.29, 0.717) is 0 Å². The fraction of sp³-hybridized carbons (Fsp3) is 0.846. The van der Waals surface area contributed by atoms with Crippen molar-refractivity contribution < 1.29 is 0 Å². The summed E-state index contributed by atoms with van der Waals surface area (Å²) in [6, 6.07) is 0. The van der Waals surface area contributed by atoms with Crippen LogP contribution in [0.2, 0.25) is 0 Å². The zero-order valence-corrected chi connectivity index (χ0v) is 9.05. The molecule has 0 aromatic heterocycles. The van der Waals surface area contributed by atoms with E-state index >= 15 is 0 Å². The van der Waals surface area contributed by atoms with E-state index < -0.39 is 0 Å². The molecule has 0 atom stereocenters. The molecule has 0 radical (unpaired) electrons. The molecule has 1 aliphatic rings. The van der Waals surface area contributed by atoms with E-state index in [1.165, 1.54) is 32.1 Å². The van der Waals surface area contributed by atoms with Gasteiger partial charge < -0.3 is 0 Å². The van der Waals surface area contributed by atoms with Gasteiger partial charge in [-0.1, -0.05) is 26.7 Å². The maximum atomic E-state index is 5.27. The van der Waals surface area contributed by atoms with Crippen molar-refractivity contribution >= 4 is 0 Å². The molecule has 13 heavy (non-hydrogen) atoms. The molecular formula is C13H22. The van der Waals surface area contributed by atoms with Crippen molar-refractivity contribution in [1.82, 2.24) is 0 Å². The Bertz CT molecular complexity index is 165. The van der Waals surface area contributed by atoms with Crippen LogP contribution in [0, 0.1) is 30.1 Å². The maximum Gasteiger partial charge on any atom is 0.00886 e. The molecule has 0 saturated heterocycles. The molecule has 1 fully saturated rings. The standard InChI is InChI=1S/C13H22/c1-4-5-6-12-7-9-13(10-8-12)11(2)3/h1,11-13H,5-10H2,2-3H3. The summed E-state index contributed by atoms with van der Waals surface area (Å²) in [6.07, 6.45) is 13.2. The highest BCUT2D eigenvalue weighted by Gasteiger charge is 2.22. The fourth-order valence-corrected chi connectivity index (χ4v) is 2.43. The molecule has 74 valence electrons. The van der Waals surface area contributed by atoms with E-state index in [9.17, 15) is 0 Å². The average molecular weight is 178 g/mol. The van der Waals surface area contributed by atoms with Gasteiger partial charge in [0.05, 0.1) is 0 Å². The van der Waals surface area contributed by atoms with Gasteiger partial charge in [0.2, 0.25) is 0 Å². The number of hydrogen-bond acceptors (Lipinski definition) is 0. The molecule has 1 saturated carbocycles. The van der Waals surface area contributed by atoms with Gasteiger partial charge in [0.25, 0.3) is 0 Å². The van der Waals surface area contributed by atoms with E-state index in [-0.39, 0.29) is 0 Å². The lowest BCUT2D eigenvalue weighted by molar-refractivity contribution is 0.218. The van der Waals surface area contributed by atoms with Crippen LogP contribution in [0.25, 0.3) is 0 Å². The quantitative estimate of drug-likeness (QED) is 0.576. The minimum Gasteiger partial charge on any atom is -0.120 e. The molecule has 0 aliphatic heterocycles. The molecule has 0 heterocycles. The third-order valence-corrected chi connectivity index (χ3v) is 3.53. The second-order valence-corrected chi connectivity index (χ2v) is 4.77. The van der Waals surface area contributed by atoms with E-state index in [1.807, 2.05) is 0 Å². The third kappa shape index (κ3) is 3.43. The monoisotopic (exact) mass is 178 g/mol. The Kier molecular flexibility index (Phi) is 4.36. The van der Waals surface area contributed by atoms with Gasteiger partial charge in [0.1, 0.15) is 0 Å². The summed E-state index contributed by atoms with van der Waals surface area (Å²) in [5, 5.41) is 0. The van der Waals surface area contributed by atoms with Gasteiger partial charge in [-0.05, 0) is 37.0 Å². The van der Waals surface area contributed by atoms with Gasteiger partial charge in [-0.2, -0.15) is 0 Å². The van der Waals surface area contributed by atoms with Crippen LogP contribution < -0.4 is 0 Å². The molecular weight excluding hydrogens is 156 g/mol. The lowest BCUT2D eigenvalue weighted by Gasteiger charge is -2.30. The molecule has 0 nitrogen and oxygen atoms in total. The third-order valence-electron chi connectivity index (χ3n) is 3.53. The lowest BCUT2D eigenvalue weighted by Crippen LogP contribution is -2.18. The normalized spacial score (nSPS) is 28.8. The predicted octanol–water partition coefficient (Wildman–Crippen LogP) is 3.86. The summed E-state index contributed by atoms with van der Waals surface area (Å²) < 4.78 is 0. The van der Waals surface area contributed by atoms with Crippen LogP contribution in [0.3, 0.4) is 0 Å². The zero-order chi connectivity index (χ0) is 9.68. The van der Waals surface area contributed by atoms with Crippen molar-refractivity contribution in [3.63, 3.8) is 0 Å². The maximum absolute atomic E-state index is 5.27. The van der Waals surface area contributed by atoms with E-state index in [4.69, 9.17) is 6.42 Å². The molecule has 0 aromatic carbocycles. The summed E-state index contributed by atoms with van der Waals surface area (Å²) in [6.45, 7) is 4.71. The van der Waals surface area contributed by atoms with Crippen LogP contribution in [-0.4, -0.2) is 0 Å². The Morgan fingerprint density at radius 1 is 1.23 bits per heavy atom. The van der Waals surface area contributed by atoms with Crippen molar-refractivity contribution in [3.05, 3.63) is 0 Å². The minimum atomic E-state index is 0.883. The first kappa shape index (κ1) is 10.6. The van der Waals surface area contributed by atoms with Crippen LogP contribution in [0.15, 0.2) is 0 Å². The van der Waals surface area contributed by atoms with Crippen molar-refractivity contribution in [1.29, 1.82) is 0 Å². The molecule has 0 spiro atoms. The van der Waals surface area contributed by atoms with Crippen LogP contribution in [0.5, 0.6) is 0 Å². The smallest absolute Gasteiger partial charge is 0.00886 e. The number of rotatable bonds is 3. The predicted molar refractivity (Wildman–Crippen MR) is 58.4 cm³/mol. The second kappa shape index (κ2) is 5.32. The second-order valence-electron chi connectivity index (χ2n) is 4.77. The van der Waals surface area contributed by atoms with Crippen LogP contribution >= 0.6 is 0 Å². The van der Waals surface area contributed by atoms with Crippen molar-refractivity contribution in [2.75, 3.05) is 0 Å². The highest BCUT2D eigenvalue weighted by atomic mass is 14.3. The largest absolute Gasteiger partial charge is 0.120 e. The lowest BCUT2D eigenvalue weighted by atomic mass is 9.76. The Morgan fingerprint density at radius 3 is 2.31 bits per heavy atom. The topological polar surface area (TPSA) is 0 Å². The molecule has 1 rings (SSSR count). The van der Waals surface area contributed by atoms with Gasteiger partial charge in [-0.25, -0.2) is 0 Å². The molecule has 0 aromatic rings. The summed E-state index contributed by atoms with van der Waals surface area (Å²) in [4.78, 5) is 0. The number of hydrogen-bond donors (Lipinski definition) is 0. The van der Waals surface area contributed by atoms with Gasteiger partial charge in [-0.3, -0.25) is 0 Å². The SMILES string of the molecule is C#CCCC1CCC(C(C)C)CC1. The van der Waals surface area contributed by atoms with Crippen molar-refractivity contribution in [2.45, 2.75) is 52.4 Å². The fourth-order valence-electron chi connectivity index (χ4n) is 2.43. The van der Waals surface area contributed by atoms with Crippen molar-refractivity contribution in [3.8, 4) is 12.3 Å². The molecule has 0 amide bonds. The molecule has 0 unspecified atom stereocenters. The summed E-state index contributed by atoms with van der Waals surface area (Å²) in [5.41, 5.74) is 0. The first-order chi connectivity index (χ1) is 6.24. The molecule has 0 N–H and O–H groups in total. The van der Waals surface area contributed by atoms with Crippen molar-refractivity contribution in [2.24, 2.45) is 17.8 Å². The highest BCUT2D eigenvalue weighted by molar-refractivity contribution is 4.85. The van der Waals surface area contributed by atoms with E-state index in [1.54, 1.807) is 0 Å². The zero-order valence-electron chi connectivity index (χ0n) is 9.05. The molecule has 1 aliphatic carbocycles. The molecule has 0 bridgehead atoms. The van der Waals surface area contributed by atoms with Crippen LogP contribution in [-0.2, 0) is 0 Å². The summed E-state index contributed by atoms with van der Waals surface area (Å²) in [7, 11) is 0. The van der Waals surface area contributed by atoms with Gasteiger partial charge in [-0.15, -0.1) is 12.3 Å². The van der Waals surface area contributed by atoms with Gasteiger partial charge in [0, 0.05) is 6.42 Å². The van der Waals surface area contributed by atoms with Crippen LogP contribution in [0.1, 0.15) is 52.4 Å². The van der Waals surface area contributed by atoms with E-state index in [0.717, 1.165) is 24.2 Å². The Morgan fingerprint density at radius 2 is 1.85 bits per heavy atom. The summed E-state index contributed by atoms with van der Waals surface area (Å²) >= 11 is 0. The first-order valence-electron chi connectivity index (χ1n) is 5.67. The Balaban J connectivity index is 2.19. The van der Waals surface area contributed by atoms with Gasteiger partial charge in [0.15, 0.2) is 0 Å². The molecule has 0 heteroatoms.